The number of nitrogens with one attached hydrogen (secondary N) is 1. The van der Waals surface area contributed by atoms with E-state index >= 15 is 0 Å². The van der Waals surface area contributed by atoms with Crippen molar-refractivity contribution in [1.82, 2.24) is 4.98 Å². The van der Waals surface area contributed by atoms with Crippen LogP contribution in [0.3, 0.4) is 0 Å². The first kappa shape index (κ1) is 16.4. The van der Waals surface area contributed by atoms with Crippen LogP contribution in [0.25, 0.3) is 10.9 Å². The Bertz CT molecular complexity index is 798. The maximum atomic E-state index is 12.4. The van der Waals surface area contributed by atoms with Gasteiger partial charge in [-0.3, -0.25) is 9.78 Å². The molecule has 6 heteroatoms. The Morgan fingerprint density at radius 3 is 2.64 bits per heavy atom. The van der Waals surface area contributed by atoms with Gasteiger partial charge in [0.2, 0.25) is 5.91 Å². The average molecular weight is 320 g/mol. The van der Waals surface area contributed by atoms with Crippen molar-refractivity contribution >= 4 is 32.3 Å². The number of pyridine rings is 1. The van der Waals surface area contributed by atoms with Gasteiger partial charge in [0.1, 0.15) is 4.75 Å². The first-order valence-corrected chi connectivity index (χ1v) is 8.81. The molecule has 1 aromatic heterocycles. The van der Waals surface area contributed by atoms with Crippen molar-refractivity contribution in [3.63, 3.8) is 0 Å². The molecule has 0 aliphatic carbocycles. The smallest absolute Gasteiger partial charge is 0.245 e. The van der Waals surface area contributed by atoms with Gasteiger partial charge in [-0.05, 0) is 32.4 Å². The predicted molar refractivity (Wildman–Crippen MR) is 88.5 cm³/mol. The molecule has 0 radical (unpaired) electrons. The minimum absolute atomic E-state index is 0.0105. The molecule has 0 spiro atoms. The van der Waals surface area contributed by atoms with Crippen molar-refractivity contribution in [2.45, 2.75) is 31.9 Å². The number of amides is 1. The maximum absolute atomic E-state index is 12.4. The summed E-state index contributed by atoms with van der Waals surface area (Å²) in [6.45, 7) is 4.64. The molecule has 0 aliphatic rings. The van der Waals surface area contributed by atoms with E-state index in [0.717, 1.165) is 10.9 Å². The van der Waals surface area contributed by atoms with Gasteiger partial charge in [-0.25, -0.2) is 8.42 Å². The number of anilines is 1. The fraction of sp³-hybridized carbons (Fsp3) is 0.375. The van der Waals surface area contributed by atoms with E-state index < -0.39 is 20.5 Å². The number of benzene rings is 1. The Labute approximate surface area is 130 Å². The zero-order valence-electron chi connectivity index (χ0n) is 13.0. The fourth-order valence-corrected chi connectivity index (χ4v) is 3.47. The Balaban J connectivity index is 2.26. The largest absolute Gasteiger partial charge is 0.323 e. The Morgan fingerprint density at radius 2 is 1.95 bits per heavy atom. The van der Waals surface area contributed by atoms with E-state index in [1.165, 1.54) is 20.0 Å². The summed E-state index contributed by atoms with van der Waals surface area (Å²) in [6.07, 6.45) is 2.01. The second-order valence-electron chi connectivity index (χ2n) is 5.70. The van der Waals surface area contributed by atoms with Gasteiger partial charge in [-0.1, -0.05) is 25.1 Å². The molecule has 22 heavy (non-hydrogen) atoms. The molecule has 0 saturated heterocycles. The van der Waals surface area contributed by atoms with Crippen molar-refractivity contribution in [2.75, 3.05) is 11.1 Å². The zero-order chi connectivity index (χ0) is 16.4. The summed E-state index contributed by atoms with van der Waals surface area (Å²) in [6, 6.07) is 9.30. The molecule has 5 nitrogen and oxygen atoms in total. The lowest BCUT2D eigenvalue weighted by Gasteiger charge is -2.23. The van der Waals surface area contributed by atoms with Crippen molar-refractivity contribution in [2.24, 2.45) is 0 Å². The molecule has 0 atom stereocenters. The Hall–Kier alpha value is -1.95. The number of sulfone groups is 1. The number of fused-ring (bicyclic) bond motifs is 1. The molecule has 0 unspecified atom stereocenters. The first-order valence-electron chi connectivity index (χ1n) is 7.16. The number of carbonyl (C=O) groups excluding carboxylic acids is 1. The second kappa shape index (κ2) is 6.04. The molecule has 1 N–H and O–H groups in total. The number of hydrogen-bond acceptors (Lipinski definition) is 4. The molecule has 2 rings (SSSR count). The molecule has 0 saturated carbocycles. The van der Waals surface area contributed by atoms with E-state index in [1.54, 1.807) is 13.0 Å². The average Bonchev–Trinajstić information content (AvgIpc) is 2.46. The predicted octanol–water partition coefficient (Wildman–Crippen LogP) is 2.78. The third-order valence-electron chi connectivity index (χ3n) is 3.65. The lowest BCUT2D eigenvalue weighted by atomic mass is 10.1. The van der Waals surface area contributed by atoms with E-state index in [9.17, 15) is 13.2 Å². The second-order valence-corrected chi connectivity index (χ2v) is 8.36. The van der Waals surface area contributed by atoms with Gasteiger partial charge < -0.3 is 5.32 Å². The van der Waals surface area contributed by atoms with Gasteiger partial charge in [-0.2, -0.15) is 0 Å². The van der Waals surface area contributed by atoms with Crippen LogP contribution in [-0.2, 0) is 14.6 Å². The minimum Gasteiger partial charge on any atom is -0.323 e. The van der Waals surface area contributed by atoms with Gasteiger partial charge >= 0.3 is 0 Å². The Morgan fingerprint density at radius 1 is 1.27 bits per heavy atom. The SMILES string of the molecule is CCCS(=O)(=O)C(C)(C)C(=O)Nc1cnc2ccccc2c1. The van der Waals surface area contributed by atoms with E-state index in [2.05, 4.69) is 10.3 Å². The highest BCUT2D eigenvalue weighted by Gasteiger charge is 2.40. The molecule has 118 valence electrons. The molecular formula is C16H20N2O3S. The van der Waals surface area contributed by atoms with E-state index in [-0.39, 0.29) is 5.75 Å². The maximum Gasteiger partial charge on any atom is 0.245 e. The van der Waals surface area contributed by atoms with Crippen LogP contribution in [0.4, 0.5) is 5.69 Å². The van der Waals surface area contributed by atoms with Crippen molar-refractivity contribution in [1.29, 1.82) is 0 Å². The number of hydrogen-bond donors (Lipinski definition) is 1. The van der Waals surface area contributed by atoms with Gasteiger partial charge in [-0.15, -0.1) is 0 Å². The minimum atomic E-state index is -3.50. The summed E-state index contributed by atoms with van der Waals surface area (Å²) in [5.41, 5.74) is 1.31. The number of aromatic nitrogens is 1. The quantitative estimate of drug-likeness (QED) is 0.919. The highest BCUT2D eigenvalue weighted by Crippen LogP contribution is 2.22. The summed E-state index contributed by atoms with van der Waals surface area (Å²) >= 11 is 0. The van der Waals surface area contributed by atoms with Gasteiger partial charge in [0.05, 0.1) is 23.2 Å². The first-order chi connectivity index (χ1) is 10.3. The third kappa shape index (κ3) is 3.11. The topological polar surface area (TPSA) is 76.1 Å². The number of carbonyl (C=O) groups is 1. The summed E-state index contributed by atoms with van der Waals surface area (Å²) in [4.78, 5) is 16.6. The van der Waals surface area contributed by atoms with Crippen LogP contribution in [-0.4, -0.2) is 29.8 Å². The standard InChI is InChI=1S/C16H20N2O3S/c1-4-9-22(20,21)16(2,3)15(19)18-13-10-12-7-5-6-8-14(12)17-11-13/h5-8,10-11H,4,9H2,1-3H3,(H,18,19). The fourth-order valence-electron chi connectivity index (χ4n) is 2.09. The molecule has 2 aromatic rings. The van der Waals surface area contributed by atoms with E-state index in [0.29, 0.717) is 12.1 Å². The van der Waals surface area contributed by atoms with E-state index in [4.69, 9.17) is 0 Å². The molecule has 1 aromatic carbocycles. The molecule has 0 bridgehead atoms. The highest BCUT2D eigenvalue weighted by molar-refractivity contribution is 7.93. The van der Waals surface area contributed by atoms with Crippen LogP contribution in [0, 0.1) is 0 Å². The van der Waals surface area contributed by atoms with Crippen molar-refractivity contribution < 1.29 is 13.2 Å². The van der Waals surface area contributed by atoms with Crippen molar-refractivity contribution in [3.8, 4) is 0 Å². The van der Waals surface area contributed by atoms with E-state index in [1.807, 2.05) is 24.3 Å². The Kier molecular flexibility index (Phi) is 4.51. The third-order valence-corrected chi connectivity index (χ3v) is 6.33. The highest BCUT2D eigenvalue weighted by atomic mass is 32.2. The van der Waals surface area contributed by atoms with Gasteiger partial charge in [0, 0.05) is 5.39 Å². The summed E-state index contributed by atoms with van der Waals surface area (Å²) in [5.74, 6) is -0.554. The van der Waals surface area contributed by atoms with Crippen molar-refractivity contribution in [3.05, 3.63) is 36.5 Å². The van der Waals surface area contributed by atoms with Crippen LogP contribution in [0.5, 0.6) is 0 Å². The summed E-state index contributed by atoms with van der Waals surface area (Å²) in [5, 5.41) is 3.54. The molecule has 1 amide bonds. The van der Waals surface area contributed by atoms with Gasteiger partial charge in [0.15, 0.2) is 9.84 Å². The van der Waals surface area contributed by atoms with Crippen LogP contribution in [0.15, 0.2) is 36.5 Å². The van der Waals surface area contributed by atoms with Crippen LogP contribution >= 0.6 is 0 Å². The molecule has 0 fully saturated rings. The van der Waals surface area contributed by atoms with Crippen LogP contribution in [0.1, 0.15) is 27.2 Å². The van der Waals surface area contributed by atoms with Crippen LogP contribution in [0.2, 0.25) is 0 Å². The molecule has 1 heterocycles. The normalized spacial score (nSPS) is 12.3. The number of rotatable bonds is 5. The zero-order valence-corrected chi connectivity index (χ0v) is 13.8. The number of nitrogens with zero attached hydrogens (tertiary/aromatic N) is 1. The molecular weight excluding hydrogens is 300 g/mol. The monoisotopic (exact) mass is 320 g/mol. The van der Waals surface area contributed by atoms with Gasteiger partial charge in [0.25, 0.3) is 0 Å². The lowest BCUT2D eigenvalue weighted by molar-refractivity contribution is -0.117. The summed E-state index contributed by atoms with van der Waals surface area (Å²) < 4.78 is 23.0. The molecule has 0 aliphatic heterocycles. The summed E-state index contributed by atoms with van der Waals surface area (Å²) in [7, 11) is -3.50. The number of para-hydroxylation sites is 1. The van der Waals surface area contributed by atoms with Crippen LogP contribution < -0.4 is 5.32 Å². The lowest BCUT2D eigenvalue weighted by Crippen LogP contribution is -2.45.